The Kier molecular flexibility index (Phi) is 10.3. The zero-order chi connectivity index (χ0) is 17.5. The maximum atomic E-state index is 4.45. The van der Waals surface area contributed by atoms with Crippen LogP contribution in [0.2, 0.25) is 0 Å². The van der Waals surface area contributed by atoms with Gasteiger partial charge in [0.1, 0.15) is 0 Å². The number of piperidine rings is 1. The largest absolute Gasteiger partial charge is 0.356 e. The van der Waals surface area contributed by atoms with Gasteiger partial charge in [-0.05, 0) is 56.8 Å². The van der Waals surface area contributed by atoms with Crippen molar-refractivity contribution in [1.29, 1.82) is 0 Å². The fourth-order valence-corrected chi connectivity index (χ4v) is 3.56. The summed E-state index contributed by atoms with van der Waals surface area (Å²) in [6, 6.07) is 9.11. The highest BCUT2D eigenvalue weighted by Gasteiger charge is 2.22. The molecule has 1 atom stereocenters. The van der Waals surface area contributed by atoms with Gasteiger partial charge in [0, 0.05) is 44.2 Å². The third-order valence-corrected chi connectivity index (χ3v) is 5.26. The van der Waals surface area contributed by atoms with Gasteiger partial charge < -0.3 is 15.1 Å². The molecule has 1 fully saturated rings. The molecule has 142 valence electrons. The third kappa shape index (κ3) is 7.43. The molecule has 1 saturated heterocycles. The minimum absolute atomic E-state index is 0. The monoisotopic (exact) mass is 522 g/mol. The first kappa shape index (κ1) is 22.7. The Morgan fingerprint density at radius 2 is 2.04 bits per heavy atom. The van der Waals surface area contributed by atoms with Crippen molar-refractivity contribution in [2.24, 2.45) is 10.9 Å². The van der Waals surface area contributed by atoms with Gasteiger partial charge in [0.25, 0.3) is 0 Å². The van der Waals surface area contributed by atoms with Crippen LogP contribution in [0.1, 0.15) is 32.3 Å². The number of halogens is 2. The van der Waals surface area contributed by atoms with Crippen molar-refractivity contribution in [3.8, 4) is 0 Å². The van der Waals surface area contributed by atoms with E-state index in [4.69, 9.17) is 0 Å². The Hall–Kier alpha value is -0.340. The van der Waals surface area contributed by atoms with E-state index in [1.165, 1.54) is 31.5 Å². The summed E-state index contributed by atoms with van der Waals surface area (Å²) in [6.45, 7) is 8.88. The molecule has 1 aliphatic rings. The molecule has 0 aliphatic carbocycles. The molecule has 1 aliphatic heterocycles. The van der Waals surface area contributed by atoms with Gasteiger partial charge in [0.15, 0.2) is 5.96 Å². The van der Waals surface area contributed by atoms with Crippen LogP contribution in [0.15, 0.2) is 33.7 Å². The minimum atomic E-state index is 0. The summed E-state index contributed by atoms with van der Waals surface area (Å²) in [7, 11) is 3.96. The maximum Gasteiger partial charge on any atom is 0.193 e. The van der Waals surface area contributed by atoms with E-state index in [0.717, 1.165) is 23.5 Å². The fraction of sp³-hybridized carbons (Fsp3) is 0.632. The maximum absolute atomic E-state index is 4.45. The van der Waals surface area contributed by atoms with Crippen LogP contribution in [-0.2, 0) is 6.54 Å². The lowest BCUT2D eigenvalue weighted by Gasteiger charge is -2.36. The fourth-order valence-electron chi connectivity index (χ4n) is 3.29. The van der Waals surface area contributed by atoms with E-state index in [2.05, 4.69) is 81.2 Å². The lowest BCUT2D eigenvalue weighted by molar-refractivity contribution is 0.140. The van der Waals surface area contributed by atoms with Crippen molar-refractivity contribution in [1.82, 2.24) is 15.1 Å². The molecule has 6 heteroatoms. The molecule has 0 amide bonds. The second-order valence-corrected chi connectivity index (χ2v) is 7.92. The van der Waals surface area contributed by atoms with Crippen molar-refractivity contribution in [3.05, 3.63) is 34.3 Å². The number of likely N-dealkylation sites (tertiary alicyclic amines) is 1. The van der Waals surface area contributed by atoms with E-state index in [1.807, 2.05) is 7.05 Å². The molecule has 0 radical (unpaired) electrons. The predicted octanol–water partition coefficient (Wildman–Crippen LogP) is 4.19. The molecule has 1 heterocycles. The van der Waals surface area contributed by atoms with Crippen LogP contribution in [0.25, 0.3) is 0 Å². The van der Waals surface area contributed by atoms with Gasteiger partial charge in [0.05, 0.1) is 0 Å². The molecule has 0 saturated carbocycles. The quantitative estimate of drug-likeness (QED) is 0.357. The summed E-state index contributed by atoms with van der Waals surface area (Å²) in [4.78, 5) is 9.22. The average molecular weight is 523 g/mol. The molecule has 0 aromatic heterocycles. The van der Waals surface area contributed by atoms with E-state index in [0.29, 0.717) is 12.0 Å². The zero-order valence-corrected chi connectivity index (χ0v) is 19.8. The minimum Gasteiger partial charge on any atom is -0.356 e. The standard InChI is InChI=1S/C19H31BrN4.HI/c1-15(2)24-11-5-6-17(14-24)12-22-19(21-3)23(4)13-16-7-9-18(20)10-8-16;/h7-10,15,17H,5-6,11-14H2,1-4H3,(H,21,22);1H. The van der Waals surface area contributed by atoms with Gasteiger partial charge in [0.2, 0.25) is 0 Å². The first-order chi connectivity index (χ1) is 11.5. The van der Waals surface area contributed by atoms with Crippen molar-refractivity contribution >= 4 is 45.9 Å². The molecule has 1 aromatic carbocycles. The summed E-state index contributed by atoms with van der Waals surface area (Å²) >= 11 is 3.48. The van der Waals surface area contributed by atoms with E-state index < -0.39 is 0 Å². The van der Waals surface area contributed by atoms with E-state index in [1.54, 1.807) is 0 Å². The molecular formula is C19H32BrIN4. The van der Waals surface area contributed by atoms with Crippen LogP contribution in [-0.4, -0.2) is 55.5 Å². The lowest BCUT2D eigenvalue weighted by Crippen LogP contribution is -2.46. The van der Waals surface area contributed by atoms with Crippen LogP contribution < -0.4 is 5.32 Å². The number of benzene rings is 1. The highest BCUT2D eigenvalue weighted by atomic mass is 127. The Bertz CT molecular complexity index is 533. The zero-order valence-electron chi connectivity index (χ0n) is 15.8. The number of guanidine groups is 1. The van der Waals surface area contributed by atoms with E-state index in [9.17, 15) is 0 Å². The number of hydrogen-bond donors (Lipinski definition) is 1. The molecule has 2 rings (SSSR count). The first-order valence-electron chi connectivity index (χ1n) is 8.90. The predicted molar refractivity (Wildman–Crippen MR) is 122 cm³/mol. The summed E-state index contributed by atoms with van der Waals surface area (Å²) in [6.07, 6.45) is 2.61. The van der Waals surface area contributed by atoms with Gasteiger partial charge in [-0.2, -0.15) is 0 Å². The molecule has 1 N–H and O–H groups in total. The normalized spacial score (nSPS) is 18.8. The number of hydrogen-bond acceptors (Lipinski definition) is 2. The van der Waals surface area contributed by atoms with Gasteiger partial charge in [-0.25, -0.2) is 0 Å². The molecule has 0 bridgehead atoms. The van der Waals surface area contributed by atoms with Crippen LogP contribution in [0.3, 0.4) is 0 Å². The topological polar surface area (TPSA) is 30.9 Å². The smallest absolute Gasteiger partial charge is 0.193 e. The molecule has 1 unspecified atom stereocenters. The van der Waals surface area contributed by atoms with E-state index >= 15 is 0 Å². The number of nitrogens with one attached hydrogen (secondary N) is 1. The molecule has 0 spiro atoms. The third-order valence-electron chi connectivity index (χ3n) is 4.74. The second kappa shape index (κ2) is 11.4. The highest BCUT2D eigenvalue weighted by molar-refractivity contribution is 14.0. The SMILES string of the molecule is CN=C(NCC1CCCN(C(C)C)C1)N(C)Cc1ccc(Br)cc1.I. The molecule has 4 nitrogen and oxygen atoms in total. The Balaban J connectivity index is 0.00000312. The molecule has 25 heavy (non-hydrogen) atoms. The number of rotatable bonds is 5. The summed E-state index contributed by atoms with van der Waals surface area (Å²) in [5.41, 5.74) is 1.28. The summed E-state index contributed by atoms with van der Waals surface area (Å²) in [5.74, 6) is 1.68. The first-order valence-corrected chi connectivity index (χ1v) is 9.69. The average Bonchev–Trinajstić information content (AvgIpc) is 2.57. The van der Waals surface area contributed by atoms with Crippen molar-refractivity contribution < 1.29 is 0 Å². The van der Waals surface area contributed by atoms with Gasteiger partial charge in [-0.15, -0.1) is 24.0 Å². The number of aliphatic imine (C=N–C) groups is 1. The Labute approximate surface area is 178 Å². The summed E-state index contributed by atoms with van der Waals surface area (Å²) in [5, 5.41) is 3.57. The van der Waals surface area contributed by atoms with Crippen molar-refractivity contribution in [3.63, 3.8) is 0 Å². The van der Waals surface area contributed by atoms with Crippen LogP contribution >= 0.6 is 39.9 Å². The van der Waals surface area contributed by atoms with Crippen molar-refractivity contribution in [2.45, 2.75) is 39.3 Å². The Morgan fingerprint density at radius 1 is 1.36 bits per heavy atom. The van der Waals surface area contributed by atoms with Crippen LogP contribution in [0.5, 0.6) is 0 Å². The highest BCUT2D eigenvalue weighted by Crippen LogP contribution is 2.18. The Morgan fingerprint density at radius 3 is 2.64 bits per heavy atom. The molecular weight excluding hydrogens is 491 g/mol. The van der Waals surface area contributed by atoms with Crippen LogP contribution in [0, 0.1) is 5.92 Å². The van der Waals surface area contributed by atoms with Gasteiger partial charge in [-0.1, -0.05) is 28.1 Å². The second-order valence-electron chi connectivity index (χ2n) is 7.01. The molecule has 1 aromatic rings. The van der Waals surface area contributed by atoms with Crippen LogP contribution in [0.4, 0.5) is 0 Å². The number of nitrogens with zero attached hydrogens (tertiary/aromatic N) is 3. The summed E-state index contributed by atoms with van der Waals surface area (Å²) < 4.78 is 1.11. The lowest BCUT2D eigenvalue weighted by atomic mass is 9.97. The van der Waals surface area contributed by atoms with E-state index in [-0.39, 0.29) is 24.0 Å². The van der Waals surface area contributed by atoms with Crippen molar-refractivity contribution in [2.75, 3.05) is 33.7 Å². The van der Waals surface area contributed by atoms with Gasteiger partial charge in [-0.3, -0.25) is 4.99 Å². The van der Waals surface area contributed by atoms with Gasteiger partial charge >= 0.3 is 0 Å².